The molecule has 200 valence electrons. The number of ether oxygens (including phenoxy) is 1. The first-order valence-electron chi connectivity index (χ1n) is 11.9. The second-order valence-corrected chi connectivity index (χ2v) is 13.4. The topological polar surface area (TPSA) is 146 Å². The van der Waals surface area contributed by atoms with Gasteiger partial charge in [-0.1, -0.05) is 61.8 Å². The van der Waals surface area contributed by atoms with E-state index in [1.54, 1.807) is 0 Å². The van der Waals surface area contributed by atoms with Crippen molar-refractivity contribution in [2.75, 3.05) is 13.2 Å². The fraction of sp³-hybridized carbons (Fsp3) is 0.875. The summed E-state index contributed by atoms with van der Waals surface area (Å²) in [6.45, 7) is 16.3. The normalized spacial score (nSPS) is 22.0. The molecule has 0 spiro atoms. The number of aliphatic hydroxyl groups is 3. The number of cyclic esters (lactones) is 1. The molecule has 35 heavy (non-hydrogen) atoms. The van der Waals surface area contributed by atoms with Gasteiger partial charge in [0.2, 0.25) is 0 Å². The Morgan fingerprint density at radius 2 is 1.63 bits per heavy atom. The minimum atomic E-state index is -5.02. The molecule has 9 nitrogen and oxygen atoms in total. The largest absolute Gasteiger partial charge is 1.00 e. The first kappa shape index (κ1) is 34.9. The van der Waals surface area contributed by atoms with E-state index in [0.29, 0.717) is 5.92 Å². The third kappa shape index (κ3) is 12.8. The molecule has 1 aliphatic heterocycles. The summed E-state index contributed by atoms with van der Waals surface area (Å²) in [5, 5.41) is 28.6. The SMILES string of the molecule is CC(CCC(COP(=O)([O-])OC1=C(O)C(C(O)CO)OC1=O)C(C)CC(C)(C)C)CC(C)(C)C.[Na+]. The van der Waals surface area contributed by atoms with Gasteiger partial charge in [0.1, 0.15) is 6.10 Å². The monoisotopic (exact) mass is 530 g/mol. The molecule has 0 saturated heterocycles. The number of phosphoric acid groups is 1. The van der Waals surface area contributed by atoms with Gasteiger partial charge in [0.05, 0.1) is 13.2 Å². The van der Waals surface area contributed by atoms with Crippen molar-refractivity contribution in [3.05, 3.63) is 11.5 Å². The van der Waals surface area contributed by atoms with E-state index in [1.165, 1.54) is 0 Å². The second-order valence-electron chi connectivity index (χ2n) is 12.1. The number of rotatable bonds is 13. The van der Waals surface area contributed by atoms with Crippen LogP contribution in [0.5, 0.6) is 0 Å². The van der Waals surface area contributed by atoms with Gasteiger partial charge in [-0.05, 0) is 47.8 Å². The molecule has 6 unspecified atom stereocenters. The summed E-state index contributed by atoms with van der Waals surface area (Å²) >= 11 is 0. The van der Waals surface area contributed by atoms with E-state index in [4.69, 9.17) is 18.9 Å². The van der Waals surface area contributed by atoms with Crippen LogP contribution in [0.3, 0.4) is 0 Å². The van der Waals surface area contributed by atoms with Crippen LogP contribution in [-0.2, 0) is 23.1 Å². The van der Waals surface area contributed by atoms with Crippen molar-refractivity contribution in [1.29, 1.82) is 0 Å². The Bertz CT molecular complexity index is 757. The van der Waals surface area contributed by atoms with Crippen LogP contribution >= 0.6 is 7.82 Å². The van der Waals surface area contributed by atoms with Crippen LogP contribution in [0, 0.1) is 28.6 Å². The van der Waals surface area contributed by atoms with Gasteiger partial charge in [-0.15, -0.1) is 0 Å². The molecule has 0 bridgehead atoms. The maximum atomic E-state index is 12.5. The summed E-state index contributed by atoms with van der Waals surface area (Å²) in [5.41, 5.74) is 0.257. The number of hydrogen-bond acceptors (Lipinski definition) is 9. The van der Waals surface area contributed by atoms with E-state index < -0.39 is 44.1 Å². The van der Waals surface area contributed by atoms with Crippen molar-refractivity contribution in [2.45, 2.75) is 93.3 Å². The molecular weight excluding hydrogens is 486 g/mol. The molecule has 0 saturated carbocycles. The van der Waals surface area contributed by atoms with E-state index in [1.807, 2.05) is 0 Å². The minimum Gasteiger partial charge on any atom is -0.746 e. The molecule has 0 amide bonds. The van der Waals surface area contributed by atoms with Crippen molar-refractivity contribution < 1.29 is 72.9 Å². The van der Waals surface area contributed by atoms with Crippen LogP contribution < -0.4 is 34.5 Å². The van der Waals surface area contributed by atoms with E-state index in [9.17, 15) is 24.5 Å². The quantitative estimate of drug-likeness (QED) is 0.181. The molecule has 0 aromatic heterocycles. The molecule has 0 radical (unpaired) electrons. The van der Waals surface area contributed by atoms with Crippen LogP contribution in [0.15, 0.2) is 11.5 Å². The summed E-state index contributed by atoms with van der Waals surface area (Å²) in [7, 11) is -5.02. The van der Waals surface area contributed by atoms with Crippen LogP contribution in [0.1, 0.15) is 81.1 Å². The number of phosphoric ester groups is 1. The average molecular weight is 531 g/mol. The predicted octanol–water partition coefficient (Wildman–Crippen LogP) is 1.08. The number of hydrogen-bond donors (Lipinski definition) is 3. The summed E-state index contributed by atoms with van der Waals surface area (Å²) in [4.78, 5) is 24.4. The van der Waals surface area contributed by atoms with Gasteiger partial charge < -0.3 is 34.0 Å². The van der Waals surface area contributed by atoms with Crippen LogP contribution in [0.25, 0.3) is 0 Å². The van der Waals surface area contributed by atoms with E-state index >= 15 is 0 Å². The fourth-order valence-electron chi connectivity index (χ4n) is 4.53. The maximum absolute atomic E-state index is 12.5. The van der Waals surface area contributed by atoms with E-state index in [-0.39, 0.29) is 58.8 Å². The fourth-order valence-corrected chi connectivity index (χ4v) is 5.35. The van der Waals surface area contributed by atoms with Crippen LogP contribution in [0.4, 0.5) is 0 Å². The summed E-state index contributed by atoms with van der Waals surface area (Å²) in [6, 6.07) is 0. The molecule has 0 aromatic carbocycles. The number of aliphatic hydroxyl groups excluding tert-OH is 3. The van der Waals surface area contributed by atoms with Gasteiger partial charge >= 0.3 is 43.3 Å². The van der Waals surface area contributed by atoms with Crippen molar-refractivity contribution in [3.63, 3.8) is 0 Å². The Hall–Kier alpha value is -0.120. The zero-order valence-electron chi connectivity index (χ0n) is 22.9. The zero-order chi connectivity index (χ0) is 26.5. The Morgan fingerprint density at radius 3 is 2.11 bits per heavy atom. The minimum absolute atomic E-state index is 0. The van der Waals surface area contributed by atoms with Gasteiger partial charge in [0.15, 0.2) is 11.9 Å². The van der Waals surface area contributed by atoms with Gasteiger partial charge in [-0.2, -0.15) is 0 Å². The zero-order valence-corrected chi connectivity index (χ0v) is 25.8. The summed E-state index contributed by atoms with van der Waals surface area (Å²) in [6.07, 6.45) is 0.398. The third-order valence-corrected chi connectivity index (χ3v) is 6.71. The average Bonchev–Trinajstić information content (AvgIpc) is 2.92. The molecule has 1 aliphatic rings. The smallest absolute Gasteiger partial charge is 0.746 e. The van der Waals surface area contributed by atoms with Gasteiger partial charge in [-0.3, -0.25) is 4.57 Å². The molecule has 0 aliphatic carbocycles. The Kier molecular flexibility index (Phi) is 14.1. The molecular formula is C24H44NaO9P. The van der Waals surface area contributed by atoms with Crippen molar-refractivity contribution in [1.82, 2.24) is 0 Å². The first-order valence-corrected chi connectivity index (χ1v) is 13.4. The van der Waals surface area contributed by atoms with Crippen molar-refractivity contribution in [3.8, 4) is 0 Å². The second kappa shape index (κ2) is 14.1. The summed E-state index contributed by atoms with van der Waals surface area (Å²) < 4.78 is 27.0. The standard InChI is InChI=1S/C24H45O9P.Na/c1-15(11-23(3,4)5)9-10-17(16(2)12-24(6,7)8)14-31-34(29,30)33-21-19(27)20(18(26)13-25)32-22(21)28;/h15-18,20,25-27H,9-14H2,1-8H3,(H,29,30);/q;+1/p-1. The third-order valence-electron chi connectivity index (χ3n) is 5.84. The first-order chi connectivity index (χ1) is 15.3. The predicted molar refractivity (Wildman–Crippen MR) is 126 cm³/mol. The number of esters is 1. The maximum Gasteiger partial charge on any atom is 1.00 e. The van der Waals surface area contributed by atoms with Gasteiger partial charge in [0, 0.05) is 0 Å². The number of carbonyl (C=O) groups excluding carboxylic acids is 1. The molecule has 0 fully saturated rings. The molecule has 3 N–H and O–H groups in total. The Morgan fingerprint density at radius 1 is 1.09 bits per heavy atom. The molecule has 11 heteroatoms. The van der Waals surface area contributed by atoms with Gasteiger partial charge in [-0.25, -0.2) is 4.79 Å². The van der Waals surface area contributed by atoms with Crippen LogP contribution in [-0.4, -0.2) is 46.7 Å². The van der Waals surface area contributed by atoms with E-state index in [2.05, 4.69) is 55.4 Å². The Labute approximate surface area is 232 Å². The number of carbonyl (C=O) groups is 1. The van der Waals surface area contributed by atoms with E-state index in [0.717, 1.165) is 25.7 Å². The molecule has 0 aromatic rings. The molecule has 1 heterocycles. The van der Waals surface area contributed by atoms with Crippen molar-refractivity contribution >= 4 is 13.8 Å². The molecule has 6 atom stereocenters. The van der Waals surface area contributed by atoms with Crippen molar-refractivity contribution in [2.24, 2.45) is 28.6 Å². The summed E-state index contributed by atoms with van der Waals surface area (Å²) in [5.74, 6) is -2.55. The van der Waals surface area contributed by atoms with Crippen LogP contribution in [0.2, 0.25) is 0 Å². The molecule has 1 rings (SSSR count). The van der Waals surface area contributed by atoms with Gasteiger partial charge in [0.25, 0.3) is 5.76 Å². The Balaban J connectivity index is 0.0000116.